The van der Waals surface area contributed by atoms with Crippen LogP contribution in [0.4, 0.5) is 5.69 Å². The molecule has 2 rings (SSSR count). The highest BCUT2D eigenvalue weighted by atomic mass is 31.2. The number of rotatable bonds is 3. The summed E-state index contributed by atoms with van der Waals surface area (Å²) in [5.74, 6) is 0. The predicted molar refractivity (Wildman–Crippen MR) is 136 cm³/mol. The van der Waals surface area contributed by atoms with E-state index in [1.165, 1.54) is 33.2 Å². The van der Waals surface area contributed by atoms with E-state index in [1.807, 2.05) is 7.11 Å². The molecule has 0 aliphatic carbocycles. The van der Waals surface area contributed by atoms with Crippen molar-refractivity contribution in [3.05, 3.63) is 39.6 Å². The molecule has 1 aliphatic heterocycles. The minimum Gasteiger partial charge on any atom is -0.494 e. The summed E-state index contributed by atoms with van der Waals surface area (Å²) in [7, 11) is -0.00576. The van der Waals surface area contributed by atoms with Crippen LogP contribution in [0.3, 0.4) is 0 Å². The van der Waals surface area contributed by atoms with Crippen LogP contribution in [-0.2, 0) is 21.0 Å². The Labute approximate surface area is 187 Å². The van der Waals surface area contributed by atoms with Gasteiger partial charge >= 0.3 is 0 Å². The zero-order valence-electron chi connectivity index (χ0n) is 22.2. The van der Waals surface area contributed by atoms with Crippen LogP contribution in [-0.4, -0.2) is 12.3 Å². The van der Waals surface area contributed by atoms with E-state index in [1.54, 1.807) is 0 Å². The van der Waals surface area contributed by atoms with Gasteiger partial charge in [0.15, 0.2) is 0 Å². The van der Waals surface area contributed by atoms with Crippen molar-refractivity contribution >= 4 is 12.7 Å². The monoisotopic (exact) mass is 431 g/mol. The lowest BCUT2D eigenvalue weighted by atomic mass is 9.74. The number of ether oxygens (including phenoxy) is 1. The van der Waals surface area contributed by atoms with E-state index >= 15 is 0 Å². The molecule has 30 heavy (non-hydrogen) atoms. The van der Waals surface area contributed by atoms with Gasteiger partial charge in [-0.25, -0.2) is 0 Å². The molecule has 0 bridgehead atoms. The summed E-state index contributed by atoms with van der Waals surface area (Å²) in [6.45, 7) is 30.1. The molecule has 0 unspecified atom stereocenters. The minimum atomic E-state index is -1.83. The van der Waals surface area contributed by atoms with Crippen LogP contribution in [0, 0.1) is 0 Å². The average Bonchev–Trinajstić information content (AvgIpc) is 3.19. The third kappa shape index (κ3) is 4.32. The SMILES string of the molecule is CCC1=C(OC)[P@@]1(=Nc1c(C(C)(C)C)cc(C(C)(C)C)cc1C(C)(C)C)C(C)(C)C. The Kier molecular flexibility index (Phi) is 6.35. The molecule has 1 aromatic carbocycles. The topological polar surface area (TPSA) is 21.6 Å². The maximum atomic E-state index is 5.94. The molecule has 1 aromatic rings. The van der Waals surface area contributed by atoms with Gasteiger partial charge in [0.05, 0.1) is 19.9 Å². The lowest BCUT2D eigenvalue weighted by Crippen LogP contribution is -2.21. The van der Waals surface area contributed by atoms with Crippen molar-refractivity contribution < 1.29 is 4.74 Å². The molecule has 0 saturated heterocycles. The molecule has 0 saturated carbocycles. The molecule has 0 radical (unpaired) electrons. The lowest BCUT2D eigenvalue weighted by molar-refractivity contribution is 0.327. The molecule has 170 valence electrons. The summed E-state index contributed by atoms with van der Waals surface area (Å²) in [6.07, 6.45) is 1.02. The highest BCUT2D eigenvalue weighted by Gasteiger charge is 2.55. The molecule has 1 aliphatic rings. The molecule has 0 amide bonds. The second-order valence-electron chi connectivity index (χ2n) is 12.9. The number of methoxy groups -OCH3 is 1. The van der Waals surface area contributed by atoms with Gasteiger partial charge in [0.25, 0.3) is 0 Å². The number of benzene rings is 1. The van der Waals surface area contributed by atoms with Crippen LogP contribution in [0.15, 0.2) is 27.7 Å². The lowest BCUT2D eigenvalue weighted by Gasteiger charge is -2.34. The van der Waals surface area contributed by atoms with Gasteiger partial charge in [-0.2, -0.15) is 0 Å². The predicted octanol–water partition coefficient (Wildman–Crippen LogP) is 9.45. The summed E-state index contributed by atoms with van der Waals surface area (Å²) in [6, 6.07) is 4.85. The zero-order chi connectivity index (χ0) is 23.5. The van der Waals surface area contributed by atoms with Crippen molar-refractivity contribution in [2.24, 2.45) is 4.74 Å². The summed E-state index contributed by atoms with van der Waals surface area (Å²) in [4.78, 5) is 0. The quantitative estimate of drug-likeness (QED) is 0.437. The largest absolute Gasteiger partial charge is 0.494 e. The van der Waals surface area contributed by atoms with Crippen molar-refractivity contribution in [1.82, 2.24) is 0 Å². The summed E-state index contributed by atoms with van der Waals surface area (Å²) in [5.41, 5.74) is 6.63. The van der Waals surface area contributed by atoms with Crippen molar-refractivity contribution in [2.45, 2.75) is 118 Å². The normalized spacial score (nSPS) is 20.5. The van der Waals surface area contributed by atoms with Crippen LogP contribution in [0.1, 0.15) is 113 Å². The van der Waals surface area contributed by atoms with Crippen molar-refractivity contribution in [1.29, 1.82) is 0 Å². The van der Waals surface area contributed by atoms with Gasteiger partial charge < -0.3 is 4.74 Å². The maximum Gasteiger partial charge on any atom is 0.144 e. The molecule has 3 heteroatoms. The fourth-order valence-electron chi connectivity index (χ4n) is 4.32. The van der Waals surface area contributed by atoms with Crippen LogP contribution in [0.5, 0.6) is 0 Å². The summed E-state index contributed by atoms with van der Waals surface area (Å²) in [5, 5.41) is 1.52. The summed E-state index contributed by atoms with van der Waals surface area (Å²) >= 11 is 0. The van der Waals surface area contributed by atoms with Crippen LogP contribution >= 0.6 is 7.05 Å². The Morgan fingerprint density at radius 1 is 0.767 bits per heavy atom. The molecule has 0 fully saturated rings. The smallest absolute Gasteiger partial charge is 0.144 e. The van der Waals surface area contributed by atoms with Gasteiger partial charge in [0.2, 0.25) is 0 Å². The first-order valence-corrected chi connectivity index (χ1v) is 13.2. The Hall–Kier alpha value is -1.01. The van der Waals surface area contributed by atoms with Gasteiger partial charge in [0, 0.05) is 10.5 Å². The third-order valence-corrected chi connectivity index (χ3v) is 10.8. The van der Waals surface area contributed by atoms with Crippen LogP contribution in [0.2, 0.25) is 0 Å². The Morgan fingerprint density at radius 2 is 1.20 bits per heavy atom. The fourth-order valence-corrected chi connectivity index (χ4v) is 8.55. The molecular weight excluding hydrogens is 385 g/mol. The number of allylic oxidation sites excluding steroid dienone is 1. The maximum absolute atomic E-state index is 5.94. The molecular formula is C27H46NOP. The van der Waals surface area contributed by atoms with Crippen LogP contribution < -0.4 is 0 Å². The van der Waals surface area contributed by atoms with Gasteiger partial charge in [-0.1, -0.05) is 102 Å². The van der Waals surface area contributed by atoms with E-state index in [0.29, 0.717) is 0 Å². The highest BCUT2D eigenvalue weighted by molar-refractivity contribution is 7.82. The highest BCUT2D eigenvalue weighted by Crippen LogP contribution is 2.87. The van der Waals surface area contributed by atoms with E-state index in [9.17, 15) is 0 Å². The van der Waals surface area contributed by atoms with E-state index < -0.39 is 7.05 Å². The van der Waals surface area contributed by atoms with E-state index in [0.717, 1.165) is 6.42 Å². The average molecular weight is 432 g/mol. The zero-order valence-corrected chi connectivity index (χ0v) is 23.1. The van der Waals surface area contributed by atoms with Gasteiger partial charge in [-0.3, -0.25) is 4.74 Å². The van der Waals surface area contributed by atoms with Gasteiger partial charge in [-0.05, 0) is 39.4 Å². The molecule has 2 nitrogen and oxygen atoms in total. The Bertz CT molecular complexity index is 853. The molecule has 0 N–H and O–H groups in total. The van der Waals surface area contributed by atoms with Crippen molar-refractivity contribution in [2.75, 3.05) is 7.11 Å². The van der Waals surface area contributed by atoms with Crippen molar-refractivity contribution in [3.63, 3.8) is 0 Å². The van der Waals surface area contributed by atoms with Gasteiger partial charge in [-0.15, -0.1) is 0 Å². The minimum absolute atomic E-state index is 0.0115. The molecule has 0 aromatic heterocycles. The first-order valence-electron chi connectivity index (χ1n) is 11.4. The Morgan fingerprint density at radius 3 is 1.43 bits per heavy atom. The third-order valence-electron chi connectivity index (χ3n) is 6.22. The standard InChI is InChI=1S/C27H46NOP/c1-15-21-23(29-14)30(21,27(11,12)13)28-22-19(25(5,6)7)16-18(24(2,3)4)17-20(22)26(8,9)10/h16-17H,15H2,1-14H3/t30-/m1/s1. The first-order chi connectivity index (χ1) is 13.3. The molecule has 1 atom stereocenters. The van der Waals surface area contributed by atoms with Crippen LogP contribution in [0.25, 0.3) is 0 Å². The second-order valence-corrected chi connectivity index (χ2v) is 16.6. The van der Waals surface area contributed by atoms with E-state index in [4.69, 9.17) is 9.48 Å². The van der Waals surface area contributed by atoms with Crippen molar-refractivity contribution in [3.8, 4) is 0 Å². The molecule has 1 heterocycles. The number of hydrogen-bond donors (Lipinski definition) is 0. The number of nitrogens with zero attached hydrogens (tertiary/aromatic N) is 1. The fraction of sp³-hybridized carbons (Fsp3) is 0.704. The first kappa shape index (κ1) is 25.3. The number of hydrogen-bond acceptors (Lipinski definition) is 2. The molecule has 0 spiro atoms. The Balaban J connectivity index is 3.03. The van der Waals surface area contributed by atoms with Gasteiger partial charge in [0.1, 0.15) is 5.50 Å². The summed E-state index contributed by atoms with van der Waals surface area (Å²) < 4.78 is 11.7. The second kappa shape index (κ2) is 7.54. The van der Waals surface area contributed by atoms with E-state index in [2.05, 4.69) is 102 Å². The van der Waals surface area contributed by atoms with E-state index in [-0.39, 0.29) is 21.4 Å².